The van der Waals surface area contributed by atoms with E-state index in [1.54, 1.807) is 37.3 Å². The van der Waals surface area contributed by atoms with Crippen molar-refractivity contribution in [2.75, 3.05) is 18.5 Å². The molecule has 5 nitrogen and oxygen atoms in total. The summed E-state index contributed by atoms with van der Waals surface area (Å²) in [4.78, 5) is 12.4. The minimum atomic E-state index is -0.796. The average Bonchev–Trinajstić information content (AvgIpc) is 2.61. The third-order valence-electron chi connectivity index (χ3n) is 3.58. The monoisotopic (exact) mass is 331 g/mol. The van der Waals surface area contributed by atoms with Gasteiger partial charge in [-0.15, -0.1) is 0 Å². The number of halogens is 1. The predicted molar refractivity (Wildman–Crippen MR) is 87.2 cm³/mol. The minimum Gasteiger partial charge on any atom is -0.486 e. The standard InChI is InChI=1S/C18H18FNO4/c1-2-14(24-15-6-4-3-5-13(15)19)18(21)20-12-7-8-16-17(11-12)23-10-9-22-16/h3-8,11,14H,2,9-10H2,1H3,(H,20,21)/t14-/m0/s1. The van der Waals surface area contributed by atoms with Gasteiger partial charge in [0.2, 0.25) is 0 Å². The van der Waals surface area contributed by atoms with Crippen molar-refractivity contribution in [2.24, 2.45) is 0 Å². The molecule has 0 fully saturated rings. The Labute approximate surface area is 139 Å². The fraction of sp³-hybridized carbons (Fsp3) is 0.278. The number of nitrogens with one attached hydrogen (secondary N) is 1. The number of rotatable bonds is 5. The molecule has 1 amide bonds. The van der Waals surface area contributed by atoms with Crippen molar-refractivity contribution in [2.45, 2.75) is 19.4 Å². The maximum Gasteiger partial charge on any atom is 0.265 e. The van der Waals surface area contributed by atoms with Gasteiger partial charge in [0.1, 0.15) is 13.2 Å². The molecule has 1 N–H and O–H groups in total. The van der Waals surface area contributed by atoms with Gasteiger partial charge >= 0.3 is 0 Å². The van der Waals surface area contributed by atoms with Crippen LogP contribution in [0.25, 0.3) is 0 Å². The normalized spacial score (nSPS) is 13.9. The quantitative estimate of drug-likeness (QED) is 0.912. The molecule has 1 atom stereocenters. The topological polar surface area (TPSA) is 56.8 Å². The molecule has 0 saturated carbocycles. The molecule has 1 aliphatic rings. The lowest BCUT2D eigenvalue weighted by atomic mass is 10.2. The van der Waals surface area contributed by atoms with Crippen molar-refractivity contribution in [1.82, 2.24) is 0 Å². The molecule has 2 aromatic rings. The van der Waals surface area contributed by atoms with E-state index in [0.717, 1.165) is 0 Å². The van der Waals surface area contributed by atoms with Crippen LogP contribution in [0.5, 0.6) is 17.2 Å². The number of hydrogen-bond donors (Lipinski definition) is 1. The van der Waals surface area contributed by atoms with Gasteiger partial charge in [-0.05, 0) is 30.7 Å². The van der Waals surface area contributed by atoms with Gasteiger partial charge in [-0.25, -0.2) is 4.39 Å². The number of para-hydroxylation sites is 1. The van der Waals surface area contributed by atoms with E-state index in [1.165, 1.54) is 12.1 Å². The molecule has 0 aromatic heterocycles. The van der Waals surface area contributed by atoms with Crippen LogP contribution in [0.1, 0.15) is 13.3 Å². The number of benzene rings is 2. The van der Waals surface area contributed by atoms with E-state index in [2.05, 4.69) is 5.32 Å². The van der Waals surface area contributed by atoms with E-state index in [0.29, 0.717) is 36.8 Å². The lowest BCUT2D eigenvalue weighted by Gasteiger charge is -2.20. The lowest BCUT2D eigenvalue weighted by Crippen LogP contribution is -2.32. The largest absolute Gasteiger partial charge is 0.486 e. The highest BCUT2D eigenvalue weighted by Crippen LogP contribution is 2.32. The van der Waals surface area contributed by atoms with E-state index in [4.69, 9.17) is 14.2 Å². The fourth-order valence-electron chi connectivity index (χ4n) is 2.36. The summed E-state index contributed by atoms with van der Waals surface area (Å²) in [6, 6.07) is 11.2. The number of amides is 1. The first kappa shape index (κ1) is 16.1. The van der Waals surface area contributed by atoms with Crippen LogP contribution in [0, 0.1) is 5.82 Å². The molecule has 6 heteroatoms. The van der Waals surface area contributed by atoms with Crippen LogP contribution >= 0.6 is 0 Å². The smallest absolute Gasteiger partial charge is 0.265 e. The van der Waals surface area contributed by atoms with Crippen LogP contribution in [0.15, 0.2) is 42.5 Å². The molecule has 1 aliphatic heterocycles. The van der Waals surface area contributed by atoms with Crippen molar-refractivity contribution in [1.29, 1.82) is 0 Å². The molecule has 0 radical (unpaired) electrons. The first-order chi connectivity index (χ1) is 11.7. The van der Waals surface area contributed by atoms with Gasteiger partial charge in [0.25, 0.3) is 5.91 Å². The van der Waals surface area contributed by atoms with Crippen molar-refractivity contribution >= 4 is 11.6 Å². The summed E-state index contributed by atoms with van der Waals surface area (Å²) in [5, 5.41) is 2.76. The SMILES string of the molecule is CC[C@H](Oc1ccccc1F)C(=O)Nc1ccc2c(c1)OCCO2. The Morgan fingerprint density at radius 3 is 2.71 bits per heavy atom. The molecule has 3 rings (SSSR count). The Hall–Kier alpha value is -2.76. The number of hydrogen-bond acceptors (Lipinski definition) is 4. The Morgan fingerprint density at radius 2 is 1.96 bits per heavy atom. The average molecular weight is 331 g/mol. The Balaban J connectivity index is 1.69. The van der Waals surface area contributed by atoms with Crippen molar-refractivity contribution in [3.63, 3.8) is 0 Å². The van der Waals surface area contributed by atoms with E-state index in [1.807, 2.05) is 0 Å². The van der Waals surface area contributed by atoms with Crippen LogP contribution in [-0.4, -0.2) is 25.2 Å². The van der Waals surface area contributed by atoms with Gasteiger partial charge in [0.05, 0.1) is 0 Å². The molecule has 24 heavy (non-hydrogen) atoms. The van der Waals surface area contributed by atoms with Crippen molar-refractivity contribution < 1.29 is 23.4 Å². The molecular weight excluding hydrogens is 313 g/mol. The highest BCUT2D eigenvalue weighted by atomic mass is 19.1. The van der Waals surface area contributed by atoms with Crippen LogP contribution < -0.4 is 19.5 Å². The second-order valence-corrected chi connectivity index (χ2v) is 5.29. The summed E-state index contributed by atoms with van der Waals surface area (Å²) in [7, 11) is 0. The number of anilines is 1. The van der Waals surface area contributed by atoms with Gasteiger partial charge < -0.3 is 19.5 Å². The number of ether oxygens (including phenoxy) is 3. The number of fused-ring (bicyclic) bond motifs is 1. The van der Waals surface area contributed by atoms with Crippen molar-refractivity contribution in [3.8, 4) is 17.2 Å². The summed E-state index contributed by atoms with van der Waals surface area (Å²) in [5.74, 6) is 0.443. The van der Waals surface area contributed by atoms with Crippen molar-refractivity contribution in [3.05, 3.63) is 48.3 Å². The second kappa shape index (κ2) is 7.21. The molecule has 0 bridgehead atoms. The van der Waals surface area contributed by atoms with E-state index < -0.39 is 11.9 Å². The fourth-order valence-corrected chi connectivity index (χ4v) is 2.36. The van der Waals surface area contributed by atoms with E-state index >= 15 is 0 Å². The van der Waals surface area contributed by atoms with E-state index in [9.17, 15) is 9.18 Å². The second-order valence-electron chi connectivity index (χ2n) is 5.29. The Bertz CT molecular complexity index is 735. The summed E-state index contributed by atoms with van der Waals surface area (Å²) in [5.41, 5.74) is 0.569. The van der Waals surface area contributed by atoms with Crippen LogP contribution in [-0.2, 0) is 4.79 Å². The highest BCUT2D eigenvalue weighted by molar-refractivity contribution is 5.94. The van der Waals surface area contributed by atoms with Gasteiger partial charge in [-0.2, -0.15) is 0 Å². The van der Waals surface area contributed by atoms with Crippen LogP contribution in [0.4, 0.5) is 10.1 Å². The highest BCUT2D eigenvalue weighted by Gasteiger charge is 2.21. The summed E-state index contributed by atoms with van der Waals surface area (Å²) in [6.07, 6.45) is -0.389. The molecule has 1 heterocycles. The molecule has 0 saturated heterocycles. The summed E-state index contributed by atoms with van der Waals surface area (Å²) < 4.78 is 30.1. The lowest BCUT2D eigenvalue weighted by molar-refractivity contribution is -0.122. The van der Waals surface area contributed by atoms with Gasteiger partial charge in [0, 0.05) is 11.8 Å². The Morgan fingerprint density at radius 1 is 1.21 bits per heavy atom. The zero-order valence-corrected chi connectivity index (χ0v) is 13.3. The molecule has 0 spiro atoms. The van der Waals surface area contributed by atoms with Crippen LogP contribution in [0.3, 0.4) is 0 Å². The third kappa shape index (κ3) is 3.59. The first-order valence-corrected chi connectivity index (χ1v) is 7.79. The van der Waals surface area contributed by atoms with Crippen LogP contribution in [0.2, 0.25) is 0 Å². The molecule has 2 aromatic carbocycles. The molecule has 126 valence electrons. The van der Waals surface area contributed by atoms with Gasteiger partial charge in [0.15, 0.2) is 29.2 Å². The third-order valence-corrected chi connectivity index (χ3v) is 3.58. The summed E-state index contributed by atoms with van der Waals surface area (Å²) in [6.45, 7) is 2.78. The number of carbonyl (C=O) groups excluding carboxylic acids is 1. The number of carbonyl (C=O) groups is 1. The summed E-state index contributed by atoms with van der Waals surface area (Å²) >= 11 is 0. The molecule has 0 aliphatic carbocycles. The zero-order chi connectivity index (χ0) is 16.9. The first-order valence-electron chi connectivity index (χ1n) is 7.79. The Kier molecular flexibility index (Phi) is 4.84. The zero-order valence-electron chi connectivity index (χ0n) is 13.3. The van der Waals surface area contributed by atoms with E-state index in [-0.39, 0.29) is 11.7 Å². The van der Waals surface area contributed by atoms with Gasteiger partial charge in [-0.1, -0.05) is 19.1 Å². The minimum absolute atomic E-state index is 0.0571. The maximum absolute atomic E-state index is 13.7. The maximum atomic E-state index is 13.7. The van der Waals surface area contributed by atoms with Gasteiger partial charge in [-0.3, -0.25) is 4.79 Å². The molecular formula is C18H18FNO4. The predicted octanol–water partition coefficient (Wildman–Crippen LogP) is 3.39. The molecule has 0 unspecified atom stereocenters.